The van der Waals surface area contributed by atoms with E-state index in [0.717, 1.165) is 44.8 Å². The normalized spacial score (nSPS) is 20.6. The van der Waals surface area contributed by atoms with Crippen molar-refractivity contribution in [1.29, 1.82) is 0 Å². The third-order valence-electron chi connectivity index (χ3n) is 6.27. The Morgan fingerprint density at radius 3 is 2.45 bits per heavy atom. The molecule has 1 saturated heterocycles. The van der Waals surface area contributed by atoms with Crippen LogP contribution in [0, 0.1) is 11.8 Å². The molecule has 1 saturated carbocycles. The molecule has 31 heavy (non-hydrogen) atoms. The maximum atomic E-state index is 12.9. The van der Waals surface area contributed by atoms with Gasteiger partial charge in [-0.05, 0) is 42.4 Å². The van der Waals surface area contributed by atoms with E-state index in [0.29, 0.717) is 23.9 Å². The Bertz CT molecular complexity index is 889. The lowest BCUT2D eigenvalue weighted by atomic mass is 10.1. The van der Waals surface area contributed by atoms with Crippen LogP contribution in [0.1, 0.15) is 48.5 Å². The molecular formula is C25H32N4O2. The lowest BCUT2D eigenvalue weighted by Gasteiger charge is -2.35. The molecule has 2 fully saturated rings. The molecule has 0 bridgehead atoms. The largest absolute Gasteiger partial charge is 0.353 e. The van der Waals surface area contributed by atoms with Gasteiger partial charge in [-0.1, -0.05) is 44.2 Å². The van der Waals surface area contributed by atoms with Crippen molar-refractivity contribution < 1.29 is 9.59 Å². The summed E-state index contributed by atoms with van der Waals surface area (Å²) in [5.74, 6) is 2.16. The van der Waals surface area contributed by atoms with E-state index >= 15 is 0 Å². The second-order valence-corrected chi connectivity index (χ2v) is 9.02. The van der Waals surface area contributed by atoms with Crippen LogP contribution >= 0.6 is 0 Å². The first-order chi connectivity index (χ1) is 15.0. The number of amides is 2. The quantitative estimate of drug-likeness (QED) is 0.746. The highest BCUT2D eigenvalue weighted by Gasteiger charge is 2.46. The molecule has 1 aromatic heterocycles. The number of benzene rings is 1. The number of piperazine rings is 1. The molecule has 1 aliphatic heterocycles. The monoisotopic (exact) mass is 420 g/mol. The highest BCUT2D eigenvalue weighted by molar-refractivity contribution is 5.94. The predicted molar refractivity (Wildman–Crippen MR) is 122 cm³/mol. The Morgan fingerprint density at radius 2 is 1.81 bits per heavy atom. The third kappa shape index (κ3) is 5.24. The van der Waals surface area contributed by atoms with Crippen molar-refractivity contribution >= 4 is 17.6 Å². The molecule has 4 rings (SSSR count). The van der Waals surface area contributed by atoms with Gasteiger partial charge in [-0.3, -0.25) is 9.59 Å². The van der Waals surface area contributed by atoms with Gasteiger partial charge in [-0.2, -0.15) is 0 Å². The zero-order valence-corrected chi connectivity index (χ0v) is 18.5. The summed E-state index contributed by atoms with van der Waals surface area (Å²) in [7, 11) is 0. The van der Waals surface area contributed by atoms with Gasteiger partial charge in [0.1, 0.15) is 5.82 Å². The molecular weight excluding hydrogens is 388 g/mol. The summed E-state index contributed by atoms with van der Waals surface area (Å²) in [5, 5.41) is 2.94. The SMILES string of the molecule is CC(C)CCNC(=O)c1ccc(N2CCN(C(=O)C3CC3c3ccccc3)CC2)nc1. The molecule has 2 atom stereocenters. The predicted octanol–water partition coefficient (Wildman–Crippen LogP) is 3.31. The van der Waals surface area contributed by atoms with Crippen molar-refractivity contribution in [3.8, 4) is 0 Å². The van der Waals surface area contributed by atoms with Crippen molar-refractivity contribution in [3.63, 3.8) is 0 Å². The number of carbonyl (C=O) groups is 2. The first-order valence-corrected chi connectivity index (χ1v) is 11.4. The van der Waals surface area contributed by atoms with Gasteiger partial charge in [-0.15, -0.1) is 0 Å². The van der Waals surface area contributed by atoms with Gasteiger partial charge in [0.15, 0.2) is 0 Å². The molecule has 0 spiro atoms. The van der Waals surface area contributed by atoms with Crippen LogP contribution in [0.4, 0.5) is 5.82 Å². The molecule has 0 radical (unpaired) electrons. The van der Waals surface area contributed by atoms with Crippen LogP contribution in [-0.4, -0.2) is 54.4 Å². The Morgan fingerprint density at radius 1 is 1.06 bits per heavy atom. The Kier molecular flexibility index (Phi) is 6.54. The van der Waals surface area contributed by atoms with Crippen LogP contribution in [-0.2, 0) is 4.79 Å². The topological polar surface area (TPSA) is 65.5 Å². The number of anilines is 1. The number of hydrogen-bond donors (Lipinski definition) is 1. The minimum Gasteiger partial charge on any atom is -0.353 e. The Balaban J connectivity index is 1.25. The summed E-state index contributed by atoms with van der Waals surface area (Å²) in [5.41, 5.74) is 1.86. The number of pyridine rings is 1. The second kappa shape index (κ2) is 9.50. The van der Waals surface area contributed by atoms with Crippen molar-refractivity contribution in [2.75, 3.05) is 37.6 Å². The molecule has 1 aliphatic carbocycles. The minimum atomic E-state index is -0.0764. The summed E-state index contributed by atoms with van der Waals surface area (Å²) in [6, 6.07) is 14.1. The van der Waals surface area contributed by atoms with E-state index in [2.05, 4.69) is 41.2 Å². The lowest BCUT2D eigenvalue weighted by Crippen LogP contribution is -2.49. The zero-order valence-electron chi connectivity index (χ0n) is 18.5. The summed E-state index contributed by atoms with van der Waals surface area (Å²) >= 11 is 0. The molecule has 1 N–H and O–H groups in total. The molecule has 1 aromatic carbocycles. The average molecular weight is 421 g/mol. The van der Waals surface area contributed by atoms with E-state index in [1.807, 2.05) is 35.2 Å². The fourth-order valence-electron chi connectivity index (χ4n) is 4.21. The van der Waals surface area contributed by atoms with Gasteiger partial charge in [0.2, 0.25) is 5.91 Å². The number of rotatable bonds is 7. The van der Waals surface area contributed by atoms with Crippen molar-refractivity contribution in [1.82, 2.24) is 15.2 Å². The second-order valence-electron chi connectivity index (χ2n) is 9.02. The maximum Gasteiger partial charge on any atom is 0.252 e. The molecule has 6 nitrogen and oxygen atoms in total. The van der Waals surface area contributed by atoms with Gasteiger partial charge in [0.25, 0.3) is 5.91 Å². The van der Waals surface area contributed by atoms with E-state index in [1.165, 1.54) is 5.56 Å². The van der Waals surface area contributed by atoms with Crippen molar-refractivity contribution in [2.24, 2.45) is 11.8 Å². The van der Waals surface area contributed by atoms with E-state index in [-0.39, 0.29) is 17.7 Å². The number of nitrogens with zero attached hydrogens (tertiary/aromatic N) is 3. The van der Waals surface area contributed by atoms with Crippen molar-refractivity contribution in [2.45, 2.75) is 32.6 Å². The molecule has 6 heteroatoms. The average Bonchev–Trinajstić information content (AvgIpc) is 3.60. The number of hydrogen-bond acceptors (Lipinski definition) is 4. The lowest BCUT2D eigenvalue weighted by molar-refractivity contribution is -0.133. The van der Waals surface area contributed by atoms with Crippen LogP contribution in [0.25, 0.3) is 0 Å². The zero-order chi connectivity index (χ0) is 21.8. The van der Waals surface area contributed by atoms with Gasteiger partial charge in [0.05, 0.1) is 5.56 Å². The number of carbonyl (C=O) groups excluding carboxylic acids is 2. The summed E-state index contributed by atoms with van der Waals surface area (Å²) in [4.78, 5) is 33.8. The number of aromatic nitrogens is 1. The van der Waals surface area contributed by atoms with E-state index < -0.39 is 0 Å². The van der Waals surface area contributed by atoms with Crippen LogP contribution in [0.15, 0.2) is 48.7 Å². The van der Waals surface area contributed by atoms with Gasteiger partial charge in [0, 0.05) is 44.8 Å². The van der Waals surface area contributed by atoms with E-state index in [4.69, 9.17) is 0 Å². The van der Waals surface area contributed by atoms with Crippen LogP contribution in [0.3, 0.4) is 0 Å². The summed E-state index contributed by atoms with van der Waals surface area (Å²) < 4.78 is 0. The smallest absolute Gasteiger partial charge is 0.252 e. The fraction of sp³-hybridized carbons (Fsp3) is 0.480. The van der Waals surface area contributed by atoms with Gasteiger partial charge >= 0.3 is 0 Å². The van der Waals surface area contributed by atoms with Crippen LogP contribution in [0.5, 0.6) is 0 Å². The Labute approximate surface area is 184 Å². The van der Waals surface area contributed by atoms with Crippen molar-refractivity contribution in [3.05, 3.63) is 59.8 Å². The first kappa shape index (κ1) is 21.3. The molecule has 2 heterocycles. The third-order valence-corrected chi connectivity index (χ3v) is 6.27. The van der Waals surface area contributed by atoms with Crippen LogP contribution < -0.4 is 10.2 Å². The standard InChI is InChI=1S/C25H32N4O2/c1-18(2)10-11-26-24(30)20-8-9-23(27-17-20)28-12-14-29(15-13-28)25(31)22-16-21(22)19-6-4-3-5-7-19/h3-9,17-18,21-22H,10-16H2,1-2H3,(H,26,30). The minimum absolute atomic E-state index is 0.0764. The van der Waals surface area contributed by atoms with E-state index in [1.54, 1.807) is 6.20 Å². The molecule has 164 valence electrons. The van der Waals surface area contributed by atoms with Gasteiger partial charge < -0.3 is 15.1 Å². The highest BCUT2D eigenvalue weighted by Crippen LogP contribution is 2.48. The highest BCUT2D eigenvalue weighted by atomic mass is 16.2. The fourth-order valence-corrected chi connectivity index (χ4v) is 4.21. The molecule has 2 aromatic rings. The first-order valence-electron chi connectivity index (χ1n) is 11.4. The van der Waals surface area contributed by atoms with Crippen LogP contribution in [0.2, 0.25) is 0 Å². The Hall–Kier alpha value is -2.89. The summed E-state index contributed by atoms with van der Waals surface area (Å²) in [6.45, 7) is 7.93. The molecule has 2 amide bonds. The molecule has 2 aliphatic rings. The maximum absolute atomic E-state index is 12.9. The molecule has 2 unspecified atom stereocenters. The summed E-state index contributed by atoms with van der Waals surface area (Å²) in [6.07, 6.45) is 3.57. The number of nitrogens with one attached hydrogen (secondary N) is 1. The van der Waals surface area contributed by atoms with Gasteiger partial charge in [-0.25, -0.2) is 4.98 Å². The van der Waals surface area contributed by atoms with E-state index in [9.17, 15) is 9.59 Å².